The molecule has 1 nitrogen and oxygen atoms in total. The van der Waals surface area contributed by atoms with E-state index in [2.05, 4.69) is 37.8 Å². The Morgan fingerprint density at radius 3 is 2.20 bits per heavy atom. The molecule has 1 heteroatoms. The Balaban J connectivity index is 0.000000337. The number of hydrogen-bond acceptors (Lipinski definition) is 1. The van der Waals surface area contributed by atoms with Crippen molar-refractivity contribution in [1.82, 2.24) is 0 Å². The minimum atomic E-state index is 0.926. The molecule has 0 fully saturated rings. The van der Waals surface area contributed by atoms with Gasteiger partial charge in [-0.15, -0.1) is 6.58 Å². The zero-order valence-corrected chi connectivity index (χ0v) is 9.23. The fourth-order valence-electron chi connectivity index (χ4n) is 1.16. The van der Waals surface area contributed by atoms with Gasteiger partial charge in [-0.3, -0.25) is 0 Å². The van der Waals surface area contributed by atoms with E-state index in [1.165, 1.54) is 5.56 Å². The smallest absolute Gasteiger partial charge is 0.133 e. The lowest BCUT2D eigenvalue weighted by atomic mass is 10.1. The van der Waals surface area contributed by atoms with Crippen molar-refractivity contribution >= 4 is 0 Å². The molecule has 0 aliphatic heterocycles. The summed E-state index contributed by atoms with van der Waals surface area (Å²) < 4.78 is 5.26. The monoisotopic (exact) mass is 200 g/mol. The molecule has 0 N–H and O–H groups in total. The molecular formula is C14H16O. The molecule has 0 amide bonds. The highest BCUT2D eigenvalue weighted by molar-refractivity contribution is 5.57. The van der Waals surface area contributed by atoms with Crippen LogP contribution < -0.4 is 0 Å². The summed E-state index contributed by atoms with van der Waals surface area (Å²) in [4.78, 5) is 0. The van der Waals surface area contributed by atoms with Crippen LogP contribution in [0.3, 0.4) is 0 Å². The van der Waals surface area contributed by atoms with Gasteiger partial charge in [0.15, 0.2) is 0 Å². The van der Waals surface area contributed by atoms with E-state index in [1.807, 2.05) is 19.1 Å². The van der Waals surface area contributed by atoms with Gasteiger partial charge in [-0.2, -0.15) is 0 Å². The minimum Gasteiger partial charge on any atom is -0.464 e. The first-order chi connectivity index (χ1) is 7.27. The second kappa shape index (κ2) is 5.86. The van der Waals surface area contributed by atoms with E-state index in [0.717, 1.165) is 11.3 Å². The largest absolute Gasteiger partial charge is 0.464 e. The van der Waals surface area contributed by atoms with Crippen LogP contribution in [-0.4, -0.2) is 0 Å². The van der Waals surface area contributed by atoms with Crippen molar-refractivity contribution in [2.24, 2.45) is 0 Å². The molecule has 0 saturated heterocycles. The van der Waals surface area contributed by atoms with Crippen molar-refractivity contribution in [3.63, 3.8) is 0 Å². The molecule has 1 heterocycles. The Bertz CT molecular complexity index is 382. The van der Waals surface area contributed by atoms with Crippen molar-refractivity contribution in [2.75, 3.05) is 0 Å². The van der Waals surface area contributed by atoms with E-state index >= 15 is 0 Å². The lowest BCUT2D eigenvalue weighted by Gasteiger charge is -1.96. The molecule has 0 saturated carbocycles. The molecule has 1 aromatic heterocycles. The first-order valence-corrected chi connectivity index (χ1v) is 4.95. The van der Waals surface area contributed by atoms with Crippen molar-refractivity contribution in [3.8, 4) is 11.3 Å². The summed E-state index contributed by atoms with van der Waals surface area (Å²) in [6, 6.07) is 12.2. The van der Waals surface area contributed by atoms with Gasteiger partial charge < -0.3 is 4.42 Å². The summed E-state index contributed by atoms with van der Waals surface area (Å²) in [7, 11) is 0. The fraction of sp³-hybridized carbons (Fsp3) is 0.143. The van der Waals surface area contributed by atoms with E-state index in [4.69, 9.17) is 4.42 Å². The average Bonchev–Trinajstić information content (AvgIpc) is 2.73. The van der Waals surface area contributed by atoms with Crippen LogP contribution in [-0.2, 0) is 0 Å². The molecule has 0 unspecified atom stereocenters. The first-order valence-electron chi connectivity index (χ1n) is 4.95. The minimum absolute atomic E-state index is 0.926. The molecule has 1 aromatic carbocycles. The van der Waals surface area contributed by atoms with E-state index in [-0.39, 0.29) is 0 Å². The number of aryl methyl sites for hydroxylation is 1. The summed E-state index contributed by atoms with van der Waals surface area (Å²) in [6.45, 7) is 7.33. The third-order valence-corrected chi connectivity index (χ3v) is 1.86. The third-order valence-electron chi connectivity index (χ3n) is 1.86. The van der Waals surface area contributed by atoms with E-state index in [9.17, 15) is 0 Å². The zero-order valence-electron chi connectivity index (χ0n) is 9.23. The Morgan fingerprint density at radius 1 is 1.13 bits per heavy atom. The Kier molecular flexibility index (Phi) is 4.42. The summed E-state index contributed by atoms with van der Waals surface area (Å²) in [6.07, 6.45) is 3.44. The van der Waals surface area contributed by atoms with Crippen molar-refractivity contribution in [1.29, 1.82) is 0 Å². The van der Waals surface area contributed by atoms with Crippen LogP contribution >= 0.6 is 0 Å². The van der Waals surface area contributed by atoms with Gasteiger partial charge in [-0.1, -0.05) is 35.9 Å². The van der Waals surface area contributed by atoms with Gasteiger partial charge in [0.1, 0.15) is 5.76 Å². The molecule has 0 atom stereocenters. The Morgan fingerprint density at radius 2 is 1.73 bits per heavy atom. The maximum absolute atomic E-state index is 5.26. The van der Waals surface area contributed by atoms with E-state index < -0.39 is 0 Å². The summed E-state index contributed by atoms with van der Waals surface area (Å²) in [5.41, 5.74) is 2.40. The molecule has 0 spiro atoms. The molecular weight excluding hydrogens is 184 g/mol. The number of benzene rings is 1. The molecule has 78 valence electrons. The third kappa shape index (κ3) is 3.47. The molecule has 2 aromatic rings. The van der Waals surface area contributed by atoms with Gasteiger partial charge in [0.2, 0.25) is 0 Å². The zero-order chi connectivity index (χ0) is 11.1. The van der Waals surface area contributed by atoms with Crippen LogP contribution in [0.4, 0.5) is 0 Å². The maximum atomic E-state index is 5.26. The van der Waals surface area contributed by atoms with E-state index in [0.29, 0.717) is 0 Å². The van der Waals surface area contributed by atoms with Gasteiger partial charge in [0, 0.05) is 5.56 Å². The highest BCUT2D eigenvalue weighted by Crippen LogP contribution is 2.19. The first kappa shape index (κ1) is 11.3. The quantitative estimate of drug-likeness (QED) is 0.620. The molecule has 0 bridgehead atoms. The van der Waals surface area contributed by atoms with Crippen LogP contribution in [0.15, 0.2) is 59.7 Å². The van der Waals surface area contributed by atoms with Gasteiger partial charge in [-0.05, 0) is 26.0 Å². The number of furan rings is 1. The summed E-state index contributed by atoms with van der Waals surface area (Å²) >= 11 is 0. The van der Waals surface area contributed by atoms with E-state index in [1.54, 1.807) is 12.3 Å². The predicted octanol–water partition coefficient (Wildman–Crippen LogP) is 4.45. The van der Waals surface area contributed by atoms with Crippen molar-refractivity contribution in [3.05, 3.63) is 60.9 Å². The predicted molar refractivity (Wildman–Crippen MR) is 64.8 cm³/mol. The van der Waals surface area contributed by atoms with Crippen molar-refractivity contribution in [2.45, 2.75) is 13.8 Å². The number of hydrogen-bond donors (Lipinski definition) is 0. The lowest BCUT2D eigenvalue weighted by Crippen LogP contribution is -1.73. The summed E-state index contributed by atoms with van der Waals surface area (Å²) in [5.74, 6) is 0.926. The molecule has 0 aliphatic carbocycles. The van der Waals surface area contributed by atoms with Gasteiger partial charge in [-0.25, -0.2) is 0 Å². The van der Waals surface area contributed by atoms with Crippen molar-refractivity contribution < 1.29 is 4.42 Å². The number of allylic oxidation sites excluding steroid dienone is 1. The average molecular weight is 200 g/mol. The van der Waals surface area contributed by atoms with Crippen LogP contribution in [0, 0.1) is 6.92 Å². The molecule has 0 radical (unpaired) electrons. The second-order valence-corrected chi connectivity index (χ2v) is 3.25. The summed E-state index contributed by atoms with van der Waals surface area (Å²) in [5, 5.41) is 0. The SMILES string of the molecule is C=CC.Cc1ccc(-c2ccco2)cc1. The lowest BCUT2D eigenvalue weighted by molar-refractivity contribution is 0.582. The molecule has 0 aliphatic rings. The number of rotatable bonds is 1. The molecule has 15 heavy (non-hydrogen) atoms. The van der Waals surface area contributed by atoms with Crippen LogP contribution in [0.25, 0.3) is 11.3 Å². The normalized spacial score (nSPS) is 8.93. The maximum Gasteiger partial charge on any atom is 0.133 e. The Labute approximate surface area is 91.1 Å². The van der Waals surface area contributed by atoms with Crippen LogP contribution in [0.5, 0.6) is 0 Å². The van der Waals surface area contributed by atoms with Gasteiger partial charge >= 0.3 is 0 Å². The molecule has 2 rings (SSSR count). The fourth-order valence-corrected chi connectivity index (χ4v) is 1.16. The highest BCUT2D eigenvalue weighted by atomic mass is 16.3. The van der Waals surface area contributed by atoms with Gasteiger partial charge in [0.25, 0.3) is 0 Å². The second-order valence-electron chi connectivity index (χ2n) is 3.25. The topological polar surface area (TPSA) is 13.1 Å². The Hall–Kier alpha value is -1.76. The standard InChI is InChI=1S/C11H10O.C3H6/c1-9-4-6-10(7-5-9)11-3-2-8-12-11;1-3-2/h2-8H,1H3;3H,1H2,2H3. The van der Waals surface area contributed by atoms with Crippen LogP contribution in [0.2, 0.25) is 0 Å². The van der Waals surface area contributed by atoms with Gasteiger partial charge in [0.05, 0.1) is 6.26 Å². The van der Waals surface area contributed by atoms with Crippen LogP contribution in [0.1, 0.15) is 12.5 Å². The highest BCUT2D eigenvalue weighted by Gasteiger charge is 1.97.